The van der Waals surface area contributed by atoms with Gasteiger partial charge in [0.1, 0.15) is 0 Å². The first-order valence-electron chi connectivity index (χ1n) is 10.2. The second kappa shape index (κ2) is 9.79. The fourth-order valence-electron chi connectivity index (χ4n) is 3.22. The van der Waals surface area contributed by atoms with E-state index in [0.29, 0.717) is 28.0 Å². The van der Waals surface area contributed by atoms with Crippen LogP contribution >= 0.6 is 23.2 Å². The second-order valence-corrected chi connectivity index (χ2v) is 9.29. The lowest BCUT2D eigenvalue weighted by molar-refractivity contribution is 0.0913. The lowest BCUT2D eigenvalue weighted by Crippen LogP contribution is -2.41. The van der Waals surface area contributed by atoms with Crippen molar-refractivity contribution in [3.63, 3.8) is 0 Å². The number of benzene rings is 2. The molecule has 5 nitrogen and oxygen atoms in total. The average Bonchev–Trinajstić information content (AvgIpc) is 3.05. The fraction of sp³-hybridized carbons (Fsp3) is 0.280. The number of carbonyl (C=O) groups is 1. The Morgan fingerprint density at radius 1 is 1.12 bits per heavy atom. The first-order chi connectivity index (χ1) is 15.1. The molecule has 2 N–H and O–H groups in total. The molecule has 0 saturated heterocycles. The van der Waals surface area contributed by atoms with Crippen LogP contribution in [0.5, 0.6) is 0 Å². The van der Waals surface area contributed by atoms with Gasteiger partial charge in [-0.1, -0.05) is 47.2 Å². The molecule has 1 heterocycles. The topological polar surface area (TPSA) is 59.0 Å². The van der Waals surface area contributed by atoms with E-state index < -0.39 is 0 Å². The molecule has 0 aliphatic carbocycles. The summed E-state index contributed by atoms with van der Waals surface area (Å²) in [4.78, 5) is 13.0. The van der Waals surface area contributed by atoms with Gasteiger partial charge in [-0.15, -0.1) is 0 Å². The molecule has 166 valence electrons. The highest BCUT2D eigenvalue weighted by molar-refractivity contribution is 6.32. The van der Waals surface area contributed by atoms with Crippen LogP contribution in [0.3, 0.4) is 0 Å². The Balaban J connectivity index is 2.16. The third-order valence-corrected chi connectivity index (χ3v) is 5.17. The summed E-state index contributed by atoms with van der Waals surface area (Å²) in [5.74, 6) is 5.85. The molecule has 0 aliphatic rings. The maximum absolute atomic E-state index is 13.0. The van der Waals surface area contributed by atoms with Crippen molar-refractivity contribution in [1.82, 2.24) is 20.4 Å². The maximum Gasteiger partial charge on any atom is 0.272 e. The van der Waals surface area contributed by atoms with E-state index in [9.17, 15) is 4.79 Å². The van der Waals surface area contributed by atoms with Crippen LogP contribution in [-0.2, 0) is 0 Å². The number of nitrogens with one attached hydrogen (secondary N) is 2. The number of rotatable bonds is 4. The summed E-state index contributed by atoms with van der Waals surface area (Å²) < 4.78 is 1.71. The van der Waals surface area contributed by atoms with Crippen molar-refractivity contribution in [1.29, 1.82) is 0 Å². The van der Waals surface area contributed by atoms with E-state index >= 15 is 0 Å². The molecule has 32 heavy (non-hydrogen) atoms. The Hall–Kier alpha value is -2.78. The Morgan fingerprint density at radius 3 is 2.41 bits per heavy atom. The van der Waals surface area contributed by atoms with Crippen molar-refractivity contribution in [2.75, 3.05) is 13.6 Å². The van der Waals surface area contributed by atoms with Gasteiger partial charge in [-0.2, -0.15) is 5.10 Å². The quantitative estimate of drug-likeness (QED) is 0.513. The van der Waals surface area contributed by atoms with Gasteiger partial charge in [-0.05, 0) is 65.1 Å². The Kier molecular flexibility index (Phi) is 7.30. The third kappa shape index (κ3) is 5.52. The zero-order valence-electron chi connectivity index (χ0n) is 18.8. The number of amides is 1. The molecule has 0 bridgehead atoms. The first-order valence-corrected chi connectivity index (χ1v) is 11.0. The van der Waals surface area contributed by atoms with Gasteiger partial charge >= 0.3 is 0 Å². The van der Waals surface area contributed by atoms with Crippen molar-refractivity contribution < 1.29 is 4.79 Å². The van der Waals surface area contributed by atoms with Gasteiger partial charge in [-0.25, -0.2) is 4.68 Å². The lowest BCUT2D eigenvalue weighted by atomic mass is 10.0. The normalized spacial score (nSPS) is 11.1. The summed E-state index contributed by atoms with van der Waals surface area (Å²) >= 11 is 12.7. The SMILES string of the molecule is CNCC#Cc1ccc(-n2nc(C(=O)NC(C)(C)C)c(C)c2-c2ccc(Cl)cc2)c(Cl)c1. The van der Waals surface area contributed by atoms with Gasteiger partial charge in [0.05, 0.1) is 22.9 Å². The van der Waals surface area contributed by atoms with Crippen molar-refractivity contribution in [3.8, 4) is 28.8 Å². The Morgan fingerprint density at radius 2 is 1.81 bits per heavy atom. The van der Waals surface area contributed by atoms with Gasteiger partial charge in [0.2, 0.25) is 0 Å². The molecule has 0 fully saturated rings. The van der Waals surface area contributed by atoms with E-state index in [0.717, 1.165) is 22.4 Å². The van der Waals surface area contributed by atoms with E-state index in [1.807, 2.05) is 71.1 Å². The highest BCUT2D eigenvalue weighted by Gasteiger charge is 2.25. The number of halogens is 2. The van der Waals surface area contributed by atoms with Crippen LogP contribution in [-0.4, -0.2) is 34.8 Å². The molecule has 0 radical (unpaired) electrons. The van der Waals surface area contributed by atoms with Crippen molar-refractivity contribution in [2.24, 2.45) is 0 Å². The minimum atomic E-state index is -0.390. The molecule has 2 aromatic carbocycles. The third-order valence-electron chi connectivity index (χ3n) is 4.62. The summed E-state index contributed by atoms with van der Waals surface area (Å²) in [6.45, 7) is 8.27. The molecular weight excluding hydrogens is 443 g/mol. The van der Waals surface area contributed by atoms with Gasteiger partial charge in [0, 0.05) is 27.3 Å². The fourth-order valence-corrected chi connectivity index (χ4v) is 3.61. The highest BCUT2D eigenvalue weighted by atomic mass is 35.5. The van der Waals surface area contributed by atoms with Gasteiger partial charge < -0.3 is 10.6 Å². The van der Waals surface area contributed by atoms with E-state index in [-0.39, 0.29) is 11.4 Å². The maximum atomic E-state index is 13.0. The van der Waals surface area contributed by atoms with Crippen LogP contribution in [0.2, 0.25) is 10.0 Å². The van der Waals surface area contributed by atoms with E-state index in [2.05, 4.69) is 27.6 Å². The van der Waals surface area contributed by atoms with E-state index in [4.69, 9.17) is 23.2 Å². The highest BCUT2D eigenvalue weighted by Crippen LogP contribution is 2.32. The number of aromatic nitrogens is 2. The molecule has 1 aromatic heterocycles. The van der Waals surface area contributed by atoms with Gasteiger partial charge in [0.25, 0.3) is 5.91 Å². The predicted molar refractivity (Wildman–Crippen MR) is 132 cm³/mol. The standard InChI is InChI=1S/C25H26Cl2N4O/c1-16-22(24(32)29-25(2,3)4)30-31(23(16)18-9-11-19(26)12-10-18)21-13-8-17(15-20(21)27)7-6-14-28-5/h8-13,15,28H,14H2,1-5H3,(H,29,32). The Labute approximate surface area is 199 Å². The number of hydrogen-bond acceptors (Lipinski definition) is 3. The minimum absolute atomic E-state index is 0.241. The van der Waals surface area contributed by atoms with Crippen molar-refractivity contribution >= 4 is 29.1 Å². The largest absolute Gasteiger partial charge is 0.346 e. The van der Waals surface area contributed by atoms with E-state index in [1.54, 1.807) is 10.7 Å². The smallest absolute Gasteiger partial charge is 0.272 e. The summed E-state index contributed by atoms with van der Waals surface area (Å²) in [5.41, 5.74) is 3.82. The van der Waals surface area contributed by atoms with E-state index in [1.165, 1.54) is 0 Å². The summed E-state index contributed by atoms with van der Waals surface area (Å²) in [7, 11) is 1.84. The summed E-state index contributed by atoms with van der Waals surface area (Å²) in [5, 5.41) is 11.8. The molecule has 3 aromatic rings. The number of carbonyl (C=O) groups excluding carboxylic acids is 1. The molecule has 0 atom stereocenters. The minimum Gasteiger partial charge on any atom is -0.346 e. The second-order valence-electron chi connectivity index (χ2n) is 8.44. The van der Waals surface area contributed by atoms with Crippen LogP contribution in [0, 0.1) is 18.8 Å². The Bertz CT molecular complexity index is 1200. The molecule has 0 spiro atoms. The molecule has 0 unspecified atom stereocenters. The molecule has 1 amide bonds. The van der Waals surface area contributed by atoms with Crippen LogP contribution < -0.4 is 10.6 Å². The van der Waals surface area contributed by atoms with Crippen molar-refractivity contribution in [2.45, 2.75) is 33.2 Å². The number of hydrogen-bond donors (Lipinski definition) is 2. The lowest BCUT2D eigenvalue weighted by Gasteiger charge is -2.19. The summed E-state index contributed by atoms with van der Waals surface area (Å²) in [6.07, 6.45) is 0. The molecular formula is C25H26Cl2N4O. The molecule has 0 aliphatic heterocycles. The molecule has 3 rings (SSSR count). The monoisotopic (exact) mass is 468 g/mol. The first kappa shape index (κ1) is 23.9. The van der Waals surface area contributed by atoms with Crippen LogP contribution in [0.25, 0.3) is 16.9 Å². The van der Waals surface area contributed by atoms with Crippen LogP contribution in [0.1, 0.15) is 42.4 Å². The zero-order chi connectivity index (χ0) is 23.5. The molecule has 7 heteroatoms. The van der Waals surface area contributed by atoms with Gasteiger partial charge in [0.15, 0.2) is 5.69 Å². The van der Waals surface area contributed by atoms with Crippen LogP contribution in [0.4, 0.5) is 0 Å². The van der Waals surface area contributed by atoms with Gasteiger partial charge in [-0.3, -0.25) is 4.79 Å². The van der Waals surface area contributed by atoms with Crippen LogP contribution in [0.15, 0.2) is 42.5 Å². The predicted octanol–water partition coefficient (Wildman–Crippen LogP) is 5.25. The number of nitrogens with zero attached hydrogens (tertiary/aromatic N) is 2. The summed E-state index contributed by atoms with van der Waals surface area (Å²) in [6, 6.07) is 13.0. The molecule has 0 saturated carbocycles. The average molecular weight is 469 g/mol. The van der Waals surface area contributed by atoms with Crippen molar-refractivity contribution in [3.05, 3.63) is 69.3 Å². The zero-order valence-corrected chi connectivity index (χ0v) is 20.3.